The molecule has 138 valence electrons. The van der Waals surface area contributed by atoms with Crippen LogP contribution in [0.2, 0.25) is 0 Å². The molecule has 1 aromatic heterocycles. The number of carboxylic acids is 1. The molecule has 2 aliphatic heterocycles. The van der Waals surface area contributed by atoms with Crippen LogP contribution >= 0.6 is 11.8 Å². The van der Waals surface area contributed by atoms with Gasteiger partial charge in [-0.05, 0) is 6.08 Å². The van der Waals surface area contributed by atoms with Crippen LogP contribution in [-0.2, 0) is 26.3 Å². The number of aromatic nitrogens is 3. The third-order valence-corrected chi connectivity index (χ3v) is 5.05. The summed E-state index contributed by atoms with van der Waals surface area (Å²) in [5.74, 6) is -2.46. The number of anilines is 2. The van der Waals surface area contributed by atoms with Gasteiger partial charge in [-0.2, -0.15) is 4.98 Å². The Morgan fingerprint density at radius 1 is 1.56 bits per heavy atom. The van der Waals surface area contributed by atoms with Crippen molar-refractivity contribution in [2.75, 3.05) is 17.7 Å². The molecule has 0 spiro atoms. The maximum absolute atomic E-state index is 12.5. The zero-order valence-corrected chi connectivity index (χ0v) is 17.5. The Kier molecular flexibility index (Phi) is 6.51. The van der Waals surface area contributed by atoms with E-state index in [0.717, 1.165) is 16.0 Å². The van der Waals surface area contributed by atoms with Crippen LogP contribution in [0.25, 0.3) is 0 Å². The van der Waals surface area contributed by atoms with Gasteiger partial charge in [0.05, 0.1) is 23.5 Å². The Morgan fingerprint density at radius 2 is 2.26 bits per heavy atom. The summed E-state index contributed by atoms with van der Waals surface area (Å²) in [4.78, 5) is 46.4. The van der Waals surface area contributed by atoms with Crippen molar-refractivity contribution in [3.05, 3.63) is 11.8 Å². The molecule has 14 heteroatoms. The summed E-state index contributed by atoms with van der Waals surface area (Å²) in [5, 5.41) is 17.6. The second-order valence-electron chi connectivity index (χ2n) is 5.31. The second kappa shape index (κ2) is 8.29. The molecule has 2 aliphatic rings. The van der Waals surface area contributed by atoms with E-state index >= 15 is 0 Å². The van der Waals surface area contributed by atoms with Crippen molar-refractivity contribution >= 4 is 47.7 Å². The summed E-state index contributed by atoms with van der Waals surface area (Å²) in [6, 6.07) is 0. The predicted molar refractivity (Wildman–Crippen MR) is 88.1 cm³/mol. The number of amides is 2. The van der Waals surface area contributed by atoms with Gasteiger partial charge in [0, 0.05) is 7.05 Å². The van der Waals surface area contributed by atoms with Gasteiger partial charge in [-0.15, -0.1) is 16.9 Å². The van der Waals surface area contributed by atoms with Crippen molar-refractivity contribution in [3.63, 3.8) is 0 Å². The van der Waals surface area contributed by atoms with Gasteiger partial charge in [0.15, 0.2) is 0 Å². The van der Waals surface area contributed by atoms with Crippen LogP contribution in [0, 0.1) is 0 Å². The number of β-lactam (4-membered cyclic amide) rings is 1. The molecule has 0 bridgehead atoms. The molecule has 3 rings (SSSR count). The Balaban J connectivity index is 0.00000261. The normalized spacial score (nSPS) is 21.0. The monoisotopic (exact) mass is 403 g/mol. The first-order valence-corrected chi connectivity index (χ1v) is 8.24. The fraction of sp³-hybridized carbons (Fsp3) is 0.385. The minimum Gasteiger partial charge on any atom is -0.543 e. The number of aliphatic carboxylic acids is 1. The average Bonchev–Trinajstić information content (AvgIpc) is 2.90. The number of carboxylic acid groups (broad SMARTS) is 1. The molecule has 2 atom stereocenters. The largest absolute Gasteiger partial charge is 1.00 e. The van der Waals surface area contributed by atoms with Crippen molar-refractivity contribution in [2.24, 2.45) is 12.2 Å². The van der Waals surface area contributed by atoms with Gasteiger partial charge in [0.25, 0.3) is 11.9 Å². The van der Waals surface area contributed by atoms with Gasteiger partial charge in [0.1, 0.15) is 18.7 Å². The van der Waals surface area contributed by atoms with Crippen molar-refractivity contribution in [2.45, 2.75) is 17.2 Å². The number of hydrogen-bond donors (Lipinski definition) is 1. The van der Waals surface area contributed by atoms with E-state index in [1.807, 2.05) is 0 Å². The number of carbonyl (C=O) groups excluding carboxylic acids is 3. The Bertz CT molecular complexity index is 822. The zero-order valence-electron chi connectivity index (χ0n) is 14.7. The molecular formula is C13H14N7NaO5S. The van der Waals surface area contributed by atoms with Gasteiger partial charge >= 0.3 is 29.6 Å². The van der Waals surface area contributed by atoms with E-state index < -0.39 is 22.6 Å². The smallest absolute Gasteiger partial charge is 0.543 e. The molecular weight excluding hydrogens is 389 g/mol. The molecule has 1 aromatic rings. The third-order valence-electron chi connectivity index (χ3n) is 3.73. The summed E-state index contributed by atoms with van der Waals surface area (Å²) >= 11 is 1.20. The number of nitrogen functional groups attached to an aromatic ring is 1. The molecule has 0 aliphatic carbocycles. The fourth-order valence-electron chi connectivity index (χ4n) is 2.49. The molecule has 3 heterocycles. The first-order valence-electron chi connectivity index (χ1n) is 7.30. The van der Waals surface area contributed by atoms with Gasteiger partial charge in [-0.25, -0.2) is 4.68 Å². The van der Waals surface area contributed by atoms with E-state index in [4.69, 9.17) is 5.73 Å². The summed E-state index contributed by atoms with van der Waals surface area (Å²) in [7, 11) is 2.81. The number of carbonyl (C=O) groups is 3. The van der Waals surface area contributed by atoms with Crippen LogP contribution in [0.4, 0.5) is 11.9 Å². The van der Waals surface area contributed by atoms with Crippen molar-refractivity contribution in [1.82, 2.24) is 19.7 Å². The third kappa shape index (κ3) is 3.95. The van der Waals surface area contributed by atoms with E-state index in [0.29, 0.717) is 0 Å². The minimum atomic E-state index is -1.51. The molecule has 1 unspecified atom stereocenters. The summed E-state index contributed by atoms with van der Waals surface area (Å²) in [5.41, 5.74) is 5.37. The molecule has 0 radical (unpaired) electrons. The molecule has 1 saturated heterocycles. The first kappa shape index (κ1) is 21.2. The molecule has 0 saturated carbocycles. The van der Waals surface area contributed by atoms with E-state index in [1.54, 1.807) is 7.05 Å². The van der Waals surface area contributed by atoms with Gasteiger partial charge in [-0.1, -0.05) is 5.16 Å². The number of nitrogens with zero attached hydrogens (tertiary/aromatic N) is 6. The van der Waals surface area contributed by atoms with Crippen molar-refractivity contribution in [3.8, 4) is 0 Å². The zero-order chi connectivity index (χ0) is 19.0. The average molecular weight is 403 g/mol. The molecule has 2 N–H and O–H groups in total. The van der Waals surface area contributed by atoms with E-state index in [2.05, 4.69) is 20.1 Å². The maximum atomic E-state index is 12.5. The van der Waals surface area contributed by atoms with Gasteiger partial charge in [0.2, 0.25) is 11.9 Å². The van der Waals surface area contributed by atoms with Crippen molar-refractivity contribution < 1.29 is 53.9 Å². The summed E-state index contributed by atoms with van der Waals surface area (Å²) in [6.07, 6.45) is 2.29. The SMILES string of the molecule is CON=CC(=O)N(c1nc(N)n(C)n1)C1C=C(C(=O)[O-])N2C(=O)C[C@@H]2S1.[Na+]. The number of oxime groups is 1. The van der Waals surface area contributed by atoms with Gasteiger partial charge < -0.3 is 20.5 Å². The standard InChI is InChI=1S/C13H15N7O5S.Na/c1-18-12(14)16-13(17-18)20(8(22)5-15-25-2)9-3-6(11(23)24)19-7(21)4-10(19)26-9;/h3,5,9-10H,4H2,1-2H3,(H,23,24)(H2,14,16,17);/q;+1/p-1/t9?,10-;/m0./s1. The van der Waals surface area contributed by atoms with Crippen LogP contribution in [0.3, 0.4) is 0 Å². The van der Waals surface area contributed by atoms with Crippen LogP contribution < -0.4 is 45.3 Å². The first-order chi connectivity index (χ1) is 12.3. The van der Waals surface area contributed by atoms with Gasteiger partial charge in [-0.3, -0.25) is 19.4 Å². The Hall–Kier alpha value is -2.09. The number of nitrogens with two attached hydrogens (primary N) is 1. The molecule has 1 fully saturated rings. The number of fused-ring (bicyclic) bond motifs is 1. The second-order valence-corrected chi connectivity index (χ2v) is 6.61. The number of thioether (sulfide) groups is 1. The molecule has 2 amide bonds. The van der Waals surface area contributed by atoms with Crippen LogP contribution in [0.5, 0.6) is 0 Å². The maximum Gasteiger partial charge on any atom is 1.00 e. The minimum absolute atomic E-state index is 0. The van der Waals surface area contributed by atoms with E-state index in [9.17, 15) is 19.5 Å². The molecule has 0 aromatic carbocycles. The Morgan fingerprint density at radius 3 is 2.78 bits per heavy atom. The van der Waals surface area contributed by atoms with Crippen LogP contribution in [0.15, 0.2) is 16.9 Å². The quantitative estimate of drug-likeness (QED) is 0.219. The molecule has 12 nitrogen and oxygen atoms in total. The molecule has 27 heavy (non-hydrogen) atoms. The summed E-state index contributed by atoms with van der Waals surface area (Å²) in [6.45, 7) is 0. The van der Waals surface area contributed by atoms with E-state index in [-0.39, 0.29) is 59.5 Å². The van der Waals surface area contributed by atoms with Crippen LogP contribution in [0.1, 0.15) is 6.42 Å². The number of aryl methyl sites for hydroxylation is 1. The number of rotatable bonds is 5. The topological polar surface area (TPSA) is 159 Å². The fourth-order valence-corrected chi connectivity index (χ4v) is 3.93. The Labute approximate surface area is 179 Å². The summed E-state index contributed by atoms with van der Waals surface area (Å²) < 4.78 is 1.26. The van der Waals surface area contributed by atoms with Crippen molar-refractivity contribution in [1.29, 1.82) is 0 Å². The predicted octanol–water partition coefficient (Wildman–Crippen LogP) is -5.37. The van der Waals surface area contributed by atoms with Crippen LogP contribution in [-0.4, -0.2) is 61.5 Å². The van der Waals surface area contributed by atoms with E-state index in [1.165, 1.54) is 29.6 Å². The number of hydrogen-bond acceptors (Lipinski definition) is 10.